The summed E-state index contributed by atoms with van der Waals surface area (Å²) in [5, 5.41) is 11.6. The summed E-state index contributed by atoms with van der Waals surface area (Å²) in [6, 6.07) is 5.98. The monoisotopic (exact) mass is 276 g/mol. The number of thiazole rings is 1. The first kappa shape index (κ1) is 13.5. The maximum Gasteiger partial charge on any atom is 0.144 e. The summed E-state index contributed by atoms with van der Waals surface area (Å²) >= 11 is 1.59. The quantitative estimate of drug-likeness (QED) is 0.852. The van der Waals surface area contributed by atoms with E-state index in [0.29, 0.717) is 18.3 Å². The standard InChI is InChI=1S/C14H13FN2OS/c1-9(2)14-17-11(8-19-14)7-18-12-4-3-10(6-16)13(15)5-12/h3-5,8-9H,7H2,1-2H3. The zero-order chi connectivity index (χ0) is 13.8. The minimum atomic E-state index is -0.568. The van der Waals surface area contributed by atoms with E-state index in [1.165, 1.54) is 12.1 Å². The summed E-state index contributed by atoms with van der Waals surface area (Å²) in [6.07, 6.45) is 0. The highest BCUT2D eigenvalue weighted by atomic mass is 32.1. The zero-order valence-corrected chi connectivity index (χ0v) is 11.5. The maximum absolute atomic E-state index is 13.4. The molecule has 0 saturated heterocycles. The molecule has 98 valence electrons. The molecule has 2 aromatic rings. The van der Waals surface area contributed by atoms with Crippen molar-refractivity contribution < 1.29 is 9.13 Å². The normalized spacial score (nSPS) is 10.5. The van der Waals surface area contributed by atoms with Crippen molar-refractivity contribution in [1.29, 1.82) is 5.26 Å². The Bertz CT molecular complexity index is 616. The average molecular weight is 276 g/mol. The summed E-state index contributed by atoms with van der Waals surface area (Å²) in [5.74, 6) is 0.225. The van der Waals surface area contributed by atoms with Crippen molar-refractivity contribution in [3.8, 4) is 11.8 Å². The second-order valence-corrected chi connectivity index (χ2v) is 5.26. The van der Waals surface area contributed by atoms with Crippen LogP contribution in [0.4, 0.5) is 4.39 Å². The van der Waals surface area contributed by atoms with Crippen LogP contribution in [0.5, 0.6) is 5.75 Å². The minimum absolute atomic E-state index is 0.0168. The lowest BCUT2D eigenvalue weighted by Gasteiger charge is -2.04. The Kier molecular flexibility index (Phi) is 4.13. The first-order valence-corrected chi connectivity index (χ1v) is 6.75. The van der Waals surface area contributed by atoms with Crippen molar-refractivity contribution in [1.82, 2.24) is 4.98 Å². The molecule has 1 aromatic heterocycles. The van der Waals surface area contributed by atoms with Crippen LogP contribution in [0, 0.1) is 17.1 Å². The van der Waals surface area contributed by atoms with Crippen molar-refractivity contribution in [3.63, 3.8) is 0 Å². The summed E-state index contributed by atoms with van der Waals surface area (Å²) in [7, 11) is 0. The Morgan fingerprint density at radius 2 is 2.26 bits per heavy atom. The topological polar surface area (TPSA) is 45.9 Å². The molecule has 0 aliphatic carbocycles. The fraction of sp³-hybridized carbons (Fsp3) is 0.286. The molecule has 0 aliphatic rings. The van der Waals surface area contributed by atoms with E-state index in [-0.39, 0.29) is 5.56 Å². The van der Waals surface area contributed by atoms with Gasteiger partial charge >= 0.3 is 0 Å². The van der Waals surface area contributed by atoms with Gasteiger partial charge in [0.2, 0.25) is 0 Å². The van der Waals surface area contributed by atoms with Crippen LogP contribution in [0.1, 0.15) is 36.0 Å². The van der Waals surface area contributed by atoms with E-state index in [1.54, 1.807) is 23.5 Å². The van der Waals surface area contributed by atoms with Crippen molar-refractivity contribution in [3.05, 3.63) is 45.7 Å². The van der Waals surface area contributed by atoms with Gasteiger partial charge in [-0.2, -0.15) is 5.26 Å². The van der Waals surface area contributed by atoms with Gasteiger partial charge in [0.1, 0.15) is 24.2 Å². The number of hydrogen-bond acceptors (Lipinski definition) is 4. The van der Waals surface area contributed by atoms with Crippen molar-refractivity contribution in [2.24, 2.45) is 0 Å². The number of rotatable bonds is 4. The van der Waals surface area contributed by atoms with E-state index < -0.39 is 5.82 Å². The van der Waals surface area contributed by atoms with Crippen LogP contribution >= 0.6 is 11.3 Å². The van der Waals surface area contributed by atoms with E-state index in [9.17, 15) is 4.39 Å². The number of hydrogen-bond donors (Lipinski definition) is 0. The molecule has 0 unspecified atom stereocenters. The molecular formula is C14H13FN2OS. The molecule has 0 saturated carbocycles. The van der Waals surface area contributed by atoms with Gasteiger partial charge in [0.05, 0.1) is 16.3 Å². The van der Waals surface area contributed by atoms with E-state index in [1.807, 2.05) is 5.38 Å². The predicted molar refractivity (Wildman–Crippen MR) is 71.7 cm³/mol. The Morgan fingerprint density at radius 3 is 2.84 bits per heavy atom. The van der Waals surface area contributed by atoms with Gasteiger partial charge in [0, 0.05) is 17.4 Å². The zero-order valence-electron chi connectivity index (χ0n) is 10.7. The number of aromatic nitrogens is 1. The third kappa shape index (κ3) is 3.30. The molecule has 1 aromatic carbocycles. The van der Waals surface area contributed by atoms with Gasteiger partial charge in [-0.1, -0.05) is 13.8 Å². The molecule has 0 fully saturated rings. The lowest BCUT2D eigenvalue weighted by Crippen LogP contribution is -1.97. The van der Waals surface area contributed by atoms with Crippen LogP contribution in [-0.4, -0.2) is 4.98 Å². The average Bonchev–Trinajstić information content (AvgIpc) is 2.85. The van der Waals surface area contributed by atoms with E-state index in [2.05, 4.69) is 18.8 Å². The maximum atomic E-state index is 13.4. The van der Waals surface area contributed by atoms with Crippen molar-refractivity contribution >= 4 is 11.3 Å². The Hall–Kier alpha value is -1.93. The molecule has 0 atom stereocenters. The number of benzene rings is 1. The Balaban J connectivity index is 2.02. The lowest BCUT2D eigenvalue weighted by atomic mass is 10.2. The fourth-order valence-electron chi connectivity index (χ4n) is 1.49. The highest BCUT2D eigenvalue weighted by molar-refractivity contribution is 7.09. The van der Waals surface area contributed by atoms with Gasteiger partial charge in [0.25, 0.3) is 0 Å². The molecule has 5 heteroatoms. The number of halogens is 1. The fourth-order valence-corrected chi connectivity index (χ4v) is 2.31. The Morgan fingerprint density at radius 1 is 1.47 bits per heavy atom. The van der Waals surface area contributed by atoms with Gasteiger partial charge in [-0.25, -0.2) is 9.37 Å². The molecule has 0 N–H and O–H groups in total. The summed E-state index contributed by atoms with van der Waals surface area (Å²) in [4.78, 5) is 4.43. The van der Waals surface area contributed by atoms with Crippen LogP contribution in [0.15, 0.2) is 23.6 Å². The van der Waals surface area contributed by atoms with E-state index >= 15 is 0 Å². The second-order valence-electron chi connectivity index (χ2n) is 4.37. The molecule has 0 amide bonds. The van der Waals surface area contributed by atoms with Gasteiger partial charge in [-0.3, -0.25) is 0 Å². The number of nitrogens with zero attached hydrogens (tertiary/aromatic N) is 2. The summed E-state index contributed by atoms with van der Waals surface area (Å²) in [5.41, 5.74) is 0.849. The minimum Gasteiger partial charge on any atom is -0.487 e. The van der Waals surface area contributed by atoms with Crippen LogP contribution in [0.3, 0.4) is 0 Å². The molecule has 0 spiro atoms. The molecule has 2 rings (SSSR count). The van der Waals surface area contributed by atoms with Gasteiger partial charge in [-0.15, -0.1) is 11.3 Å². The van der Waals surface area contributed by atoms with Crippen LogP contribution in [0.2, 0.25) is 0 Å². The molecule has 1 heterocycles. The van der Waals surface area contributed by atoms with Crippen LogP contribution in [0.25, 0.3) is 0 Å². The highest BCUT2D eigenvalue weighted by Gasteiger charge is 2.07. The molecule has 3 nitrogen and oxygen atoms in total. The highest BCUT2D eigenvalue weighted by Crippen LogP contribution is 2.21. The summed E-state index contributed by atoms with van der Waals surface area (Å²) in [6.45, 7) is 4.47. The van der Waals surface area contributed by atoms with Crippen molar-refractivity contribution in [2.45, 2.75) is 26.4 Å². The predicted octanol–water partition coefficient (Wildman–Crippen LogP) is 3.86. The van der Waals surface area contributed by atoms with Gasteiger partial charge in [0.15, 0.2) is 0 Å². The molecular weight excluding hydrogens is 263 g/mol. The molecule has 19 heavy (non-hydrogen) atoms. The first-order chi connectivity index (χ1) is 9.10. The summed E-state index contributed by atoms with van der Waals surface area (Å²) < 4.78 is 18.8. The molecule has 0 bridgehead atoms. The van der Waals surface area contributed by atoms with E-state index in [0.717, 1.165) is 10.7 Å². The van der Waals surface area contributed by atoms with Gasteiger partial charge < -0.3 is 4.74 Å². The first-order valence-electron chi connectivity index (χ1n) is 5.87. The largest absolute Gasteiger partial charge is 0.487 e. The lowest BCUT2D eigenvalue weighted by molar-refractivity contribution is 0.300. The number of ether oxygens (including phenoxy) is 1. The van der Waals surface area contributed by atoms with Gasteiger partial charge in [-0.05, 0) is 12.1 Å². The molecule has 0 radical (unpaired) electrons. The third-order valence-corrected chi connectivity index (χ3v) is 3.71. The van der Waals surface area contributed by atoms with E-state index in [4.69, 9.17) is 10.00 Å². The second kappa shape index (κ2) is 5.81. The van der Waals surface area contributed by atoms with Crippen LogP contribution in [-0.2, 0) is 6.61 Å². The number of nitriles is 1. The third-order valence-electron chi connectivity index (χ3n) is 2.51. The smallest absolute Gasteiger partial charge is 0.144 e. The van der Waals surface area contributed by atoms with Crippen molar-refractivity contribution in [2.75, 3.05) is 0 Å². The Labute approximate surface area is 115 Å². The molecule has 0 aliphatic heterocycles. The van der Waals surface area contributed by atoms with Crippen LogP contribution < -0.4 is 4.74 Å². The SMILES string of the molecule is CC(C)c1nc(COc2ccc(C#N)c(F)c2)cs1.